The van der Waals surface area contributed by atoms with Crippen LogP contribution in [0.3, 0.4) is 0 Å². The number of hydrogen-bond donors (Lipinski definition) is 1. The number of aryl methyl sites for hydroxylation is 1. The minimum Gasteiger partial charge on any atom is -0.380 e. The van der Waals surface area contributed by atoms with Crippen LogP contribution in [-0.4, -0.2) is 48.6 Å². The Kier molecular flexibility index (Phi) is 7.75. The van der Waals surface area contributed by atoms with Crippen molar-refractivity contribution in [2.45, 2.75) is 34.1 Å². The normalized spacial score (nSPS) is 10.5. The zero-order valence-corrected chi connectivity index (χ0v) is 13.6. The van der Waals surface area contributed by atoms with E-state index in [4.69, 9.17) is 4.74 Å². The van der Waals surface area contributed by atoms with E-state index in [1.165, 1.54) is 0 Å². The zero-order chi connectivity index (χ0) is 15.7. The van der Waals surface area contributed by atoms with Gasteiger partial charge in [-0.05, 0) is 39.3 Å². The van der Waals surface area contributed by atoms with Gasteiger partial charge in [0.25, 0.3) is 5.91 Å². The van der Waals surface area contributed by atoms with Gasteiger partial charge in [-0.1, -0.05) is 6.92 Å². The van der Waals surface area contributed by atoms with Gasteiger partial charge in [0.15, 0.2) is 0 Å². The van der Waals surface area contributed by atoms with Gasteiger partial charge in [-0.25, -0.2) is 4.98 Å². The van der Waals surface area contributed by atoms with Crippen LogP contribution in [0, 0.1) is 0 Å². The van der Waals surface area contributed by atoms with Crippen LogP contribution >= 0.6 is 0 Å². The molecule has 0 spiro atoms. The molecule has 0 radical (unpaired) electrons. The van der Waals surface area contributed by atoms with Gasteiger partial charge in [-0.2, -0.15) is 0 Å². The maximum atomic E-state index is 12.6. The Morgan fingerprint density at radius 3 is 2.62 bits per heavy atom. The molecule has 1 heterocycles. The first kappa shape index (κ1) is 17.4. The summed E-state index contributed by atoms with van der Waals surface area (Å²) >= 11 is 0. The molecular formula is C16H27N3O2. The Labute approximate surface area is 127 Å². The summed E-state index contributed by atoms with van der Waals surface area (Å²) < 4.78 is 5.34. The van der Waals surface area contributed by atoms with Crippen LogP contribution in [0.2, 0.25) is 0 Å². The van der Waals surface area contributed by atoms with Crippen molar-refractivity contribution >= 4 is 11.7 Å². The van der Waals surface area contributed by atoms with Gasteiger partial charge in [0, 0.05) is 37.5 Å². The van der Waals surface area contributed by atoms with Crippen molar-refractivity contribution in [2.75, 3.05) is 38.2 Å². The van der Waals surface area contributed by atoms with Gasteiger partial charge in [0.05, 0.1) is 6.61 Å². The van der Waals surface area contributed by atoms with E-state index in [2.05, 4.69) is 10.3 Å². The van der Waals surface area contributed by atoms with Crippen LogP contribution in [0.15, 0.2) is 12.1 Å². The number of carbonyl (C=O) groups excluding carboxylic acids is 1. The summed E-state index contributed by atoms with van der Waals surface area (Å²) in [5, 5.41) is 3.18. The molecule has 5 heteroatoms. The van der Waals surface area contributed by atoms with E-state index in [-0.39, 0.29) is 5.91 Å². The summed E-state index contributed by atoms with van der Waals surface area (Å²) in [5.74, 6) is 0.800. The Hall–Kier alpha value is -1.62. The molecule has 118 valence electrons. The number of aromatic nitrogens is 1. The highest BCUT2D eigenvalue weighted by Gasteiger charge is 2.15. The van der Waals surface area contributed by atoms with E-state index in [0.29, 0.717) is 31.9 Å². The first-order valence-electron chi connectivity index (χ1n) is 7.77. The quantitative estimate of drug-likeness (QED) is 0.711. The molecule has 1 N–H and O–H groups in total. The average molecular weight is 293 g/mol. The molecule has 0 atom stereocenters. The van der Waals surface area contributed by atoms with Gasteiger partial charge >= 0.3 is 0 Å². The Balaban J connectivity index is 2.89. The molecule has 0 aliphatic heterocycles. The minimum atomic E-state index is 0.0356. The van der Waals surface area contributed by atoms with Crippen molar-refractivity contribution in [1.82, 2.24) is 9.88 Å². The van der Waals surface area contributed by atoms with Gasteiger partial charge < -0.3 is 15.0 Å². The van der Waals surface area contributed by atoms with Crippen LogP contribution in [0.1, 0.15) is 43.7 Å². The summed E-state index contributed by atoms with van der Waals surface area (Å²) in [6, 6.07) is 3.71. The van der Waals surface area contributed by atoms with Crippen LogP contribution in [0.5, 0.6) is 0 Å². The lowest BCUT2D eigenvalue weighted by Gasteiger charge is -2.21. The van der Waals surface area contributed by atoms with Crippen molar-refractivity contribution in [3.63, 3.8) is 0 Å². The molecule has 1 rings (SSSR count). The number of amides is 1. The third kappa shape index (κ3) is 5.34. The summed E-state index contributed by atoms with van der Waals surface area (Å²) in [4.78, 5) is 18.9. The Morgan fingerprint density at radius 2 is 2.05 bits per heavy atom. The number of hydrogen-bond acceptors (Lipinski definition) is 4. The van der Waals surface area contributed by atoms with E-state index in [9.17, 15) is 4.79 Å². The molecule has 1 aromatic rings. The van der Waals surface area contributed by atoms with Crippen LogP contribution in [0.4, 0.5) is 5.82 Å². The topological polar surface area (TPSA) is 54.5 Å². The number of nitrogens with zero attached hydrogens (tertiary/aromatic N) is 2. The van der Waals surface area contributed by atoms with Crippen molar-refractivity contribution < 1.29 is 9.53 Å². The lowest BCUT2D eigenvalue weighted by molar-refractivity contribution is 0.0669. The van der Waals surface area contributed by atoms with Crippen LogP contribution in [-0.2, 0) is 11.2 Å². The van der Waals surface area contributed by atoms with Gasteiger partial charge in [-0.3, -0.25) is 4.79 Å². The number of rotatable bonds is 9. The molecule has 0 unspecified atom stereocenters. The number of likely N-dealkylation sites (N-methyl/N-ethyl adjacent to an activating group) is 1. The molecular weight excluding hydrogens is 266 g/mol. The average Bonchev–Trinajstić information content (AvgIpc) is 2.51. The summed E-state index contributed by atoms with van der Waals surface area (Å²) in [6.07, 6.45) is 0.810. The van der Waals surface area contributed by atoms with Gasteiger partial charge in [0.2, 0.25) is 0 Å². The van der Waals surface area contributed by atoms with E-state index in [1.807, 2.05) is 39.8 Å². The molecule has 21 heavy (non-hydrogen) atoms. The third-order valence-electron chi connectivity index (χ3n) is 3.22. The summed E-state index contributed by atoms with van der Waals surface area (Å²) in [7, 11) is 0. The molecule has 0 aromatic carbocycles. The van der Waals surface area contributed by atoms with Crippen molar-refractivity contribution in [3.8, 4) is 0 Å². The van der Waals surface area contributed by atoms with Gasteiger partial charge in [-0.15, -0.1) is 0 Å². The molecule has 0 aliphatic carbocycles. The molecule has 0 saturated heterocycles. The predicted octanol–water partition coefficient (Wildman–Crippen LogP) is 2.57. The second kappa shape index (κ2) is 9.34. The third-order valence-corrected chi connectivity index (χ3v) is 3.22. The van der Waals surface area contributed by atoms with E-state index in [1.54, 1.807) is 4.90 Å². The molecule has 1 amide bonds. The minimum absolute atomic E-state index is 0.0356. The van der Waals surface area contributed by atoms with E-state index >= 15 is 0 Å². The summed E-state index contributed by atoms with van der Waals surface area (Å²) in [6.45, 7) is 11.3. The molecule has 0 bridgehead atoms. The lowest BCUT2D eigenvalue weighted by atomic mass is 10.1. The van der Waals surface area contributed by atoms with Crippen LogP contribution < -0.4 is 5.32 Å². The predicted molar refractivity (Wildman–Crippen MR) is 85.8 cm³/mol. The molecule has 0 aliphatic rings. The summed E-state index contributed by atoms with van der Waals surface area (Å²) in [5.41, 5.74) is 1.62. The standard InChI is InChI=1S/C16H27N3O2/c1-5-14-11-13(12-15(18-14)17-6-2)16(20)19(7-3)9-10-21-8-4/h11-12H,5-10H2,1-4H3,(H,17,18). The molecule has 0 saturated carbocycles. The molecule has 1 aromatic heterocycles. The second-order valence-corrected chi connectivity index (χ2v) is 4.70. The highest BCUT2D eigenvalue weighted by Crippen LogP contribution is 2.13. The number of pyridine rings is 1. The second-order valence-electron chi connectivity index (χ2n) is 4.70. The van der Waals surface area contributed by atoms with Crippen LogP contribution in [0.25, 0.3) is 0 Å². The Morgan fingerprint density at radius 1 is 1.29 bits per heavy atom. The SMILES string of the molecule is CCNc1cc(C(=O)N(CC)CCOCC)cc(CC)n1. The number of nitrogens with one attached hydrogen (secondary N) is 1. The number of carbonyl (C=O) groups is 1. The fourth-order valence-corrected chi connectivity index (χ4v) is 2.07. The highest BCUT2D eigenvalue weighted by molar-refractivity contribution is 5.95. The maximum Gasteiger partial charge on any atom is 0.254 e. The molecule has 5 nitrogen and oxygen atoms in total. The zero-order valence-electron chi connectivity index (χ0n) is 13.6. The van der Waals surface area contributed by atoms with E-state index in [0.717, 1.165) is 24.5 Å². The van der Waals surface area contributed by atoms with Crippen molar-refractivity contribution in [1.29, 1.82) is 0 Å². The number of anilines is 1. The molecule has 0 fully saturated rings. The monoisotopic (exact) mass is 293 g/mol. The van der Waals surface area contributed by atoms with Crippen molar-refractivity contribution in [2.24, 2.45) is 0 Å². The first-order valence-corrected chi connectivity index (χ1v) is 7.77. The smallest absolute Gasteiger partial charge is 0.254 e. The largest absolute Gasteiger partial charge is 0.380 e. The van der Waals surface area contributed by atoms with Crippen molar-refractivity contribution in [3.05, 3.63) is 23.4 Å². The Bertz CT molecular complexity index is 449. The maximum absolute atomic E-state index is 12.6. The fourth-order valence-electron chi connectivity index (χ4n) is 2.07. The first-order chi connectivity index (χ1) is 10.2. The van der Waals surface area contributed by atoms with E-state index < -0.39 is 0 Å². The number of ether oxygens (including phenoxy) is 1. The van der Waals surface area contributed by atoms with Gasteiger partial charge in [0.1, 0.15) is 5.82 Å². The lowest BCUT2D eigenvalue weighted by Crippen LogP contribution is -2.34. The highest BCUT2D eigenvalue weighted by atomic mass is 16.5. The fraction of sp³-hybridized carbons (Fsp3) is 0.625.